The summed E-state index contributed by atoms with van der Waals surface area (Å²) in [6.07, 6.45) is 9.97. The highest BCUT2D eigenvalue weighted by molar-refractivity contribution is 5.86. The molecule has 1 N–H and O–H groups in total. The molecule has 0 radical (unpaired) electrons. The number of H-pyrrole nitrogens is 1. The van der Waals surface area contributed by atoms with Gasteiger partial charge in [0.15, 0.2) is 0 Å². The third-order valence-corrected chi connectivity index (χ3v) is 5.03. The Morgan fingerprint density at radius 2 is 1.83 bits per heavy atom. The second kappa shape index (κ2) is 6.17. The van der Waals surface area contributed by atoms with Crippen LogP contribution >= 0.6 is 0 Å². The van der Waals surface area contributed by atoms with Crippen molar-refractivity contribution in [3.8, 4) is 0 Å². The highest BCUT2D eigenvalue weighted by Crippen LogP contribution is 2.35. The van der Waals surface area contributed by atoms with E-state index in [4.69, 9.17) is 0 Å². The Morgan fingerprint density at radius 3 is 2.61 bits per heavy atom. The van der Waals surface area contributed by atoms with E-state index in [0.29, 0.717) is 6.04 Å². The third-order valence-electron chi connectivity index (χ3n) is 5.03. The number of aromatic nitrogens is 2. The summed E-state index contributed by atoms with van der Waals surface area (Å²) in [7, 11) is 0. The molecule has 23 heavy (non-hydrogen) atoms. The minimum atomic E-state index is 0.314. The summed E-state index contributed by atoms with van der Waals surface area (Å²) >= 11 is 0. The minimum absolute atomic E-state index is 0.314. The number of likely N-dealkylation sites (tertiary alicyclic amines) is 1. The molecule has 118 valence electrons. The quantitative estimate of drug-likeness (QED) is 0.775. The van der Waals surface area contributed by atoms with Crippen molar-refractivity contribution >= 4 is 10.9 Å². The van der Waals surface area contributed by atoms with Crippen LogP contribution in [0.25, 0.3) is 10.9 Å². The molecule has 1 unspecified atom stereocenters. The lowest BCUT2D eigenvalue weighted by molar-refractivity contribution is 0.188. The molecular formula is C20H23N3. The van der Waals surface area contributed by atoms with Crippen molar-refractivity contribution in [3.63, 3.8) is 0 Å². The largest absolute Gasteiger partial charge is 0.361 e. The molecule has 0 amide bonds. The highest BCUT2D eigenvalue weighted by atomic mass is 15.2. The van der Waals surface area contributed by atoms with Gasteiger partial charge in [-0.15, -0.1) is 0 Å². The molecule has 0 spiro atoms. The van der Waals surface area contributed by atoms with Crippen LogP contribution in [-0.2, 0) is 0 Å². The van der Waals surface area contributed by atoms with E-state index >= 15 is 0 Å². The molecule has 3 heteroatoms. The standard InChI is InChI=1S/C20H23N3/c1-15-6-5-7-17-18(14-22-19(15)17)20(16-8-10-21-11-9-16)23-12-3-2-4-13-23/h5-11,14,20,22H,2-4,12-13H2,1H3. The van der Waals surface area contributed by atoms with Crippen LogP contribution in [0.2, 0.25) is 0 Å². The van der Waals surface area contributed by atoms with Gasteiger partial charge in [0, 0.05) is 29.5 Å². The first kappa shape index (κ1) is 14.5. The fraction of sp³-hybridized carbons (Fsp3) is 0.350. The maximum atomic E-state index is 4.20. The molecule has 1 aliphatic rings. The van der Waals surface area contributed by atoms with Crippen molar-refractivity contribution in [1.82, 2.24) is 14.9 Å². The predicted octanol–water partition coefficient (Wildman–Crippen LogP) is 4.45. The van der Waals surface area contributed by atoms with Crippen molar-refractivity contribution in [1.29, 1.82) is 0 Å². The van der Waals surface area contributed by atoms with Gasteiger partial charge in [-0.25, -0.2) is 0 Å². The Bertz CT molecular complexity index is 785. The number of rotatable bonds is 3. The van der Waals surface area contributed by atoms with Gasteiger partial charge < -0.3 is 4.98 Å². The molecule has 1 aromatic carbocycles. The van der Waals surface area contributed by atoms with Crippen LogP contribution in [0.3, 0.4) is 0 Å². The van der Waals surface area contributed by atoms with Crippen LogP contribution in [0.15, 0.2) is 48.9 Å². The van der Waals surface area contributed by atoms with E-state index in [1.165, 1.54) is 59.9 Å². The predicted molar refractivity (Wildman–Crippen MR) is 94.5 cm³/mol. The van der Waals surface area contributed by atoms with E-state index in [1.807, 2.05) is 12.4 Å². The van der Waals surface area contributed by atoms with E-state index in [2.05, 4.69) is 58.3 Å². The molecule has 3 heterocycles. The second-order valence-corrected chi connectivity index (χ2v) is 6.52. The lowest BCUT2D eigenvalue weighted by Crippen LogP contribution is -2.34. The molecular weight excluding hydrogens is 282 g/mol. The lowest BCUT2D eigenvalue weighted by Gasteiger charge is -2.35. The van der Waals surface area contributed by atoms with Crippen molar-refractivity contribution in [2.24, 2.45) is 0 Å². The van der Waals surface area contributed by atoms with Gasteiger partial charge in [0.05, 0.1) is 6.04 Å². The number of hydrogen-bond donors (Lipinski definition) is 1. The van der Waals surface area contributed by atoms with Gasteiger partial charge in [0.1, 0.15) is 0 Å². The highest BCUT2D eigenvalue weighted by Gasteiger charge is 2.26. The topological polar surface area (TPSA) is 31.9 Å². The number of para-hydroxylation sites is 1. The molecule has 3 aromatic rings. The van der Waals surface area contributed by atoms with Gasteiger partial charge >= 0.3 is 0 Å². The lowest BCUT2D eigenvalue weighted by atomic mass is 9.95. The van der Waals surface area contributed by atoms with Crippen LogP contribution in [0, 0.1) is 6.92 Å². The Hall–Kier alpha value is -2.13. The molecule has 4 rings (SSSR count). The zero-order chi connectivity index (χ0) is 15.6. The Morgan fingerprint density at radius 1 is 1.04 bits per heavy atom. The average molecular weight is 305 g/mol. The van der Waals surface area contributed by atoms with Crippen molar-refractivity contribution < 1.29 is 0 Å². The minimum Gasteiger partial charge on any atom is -0.361 e. The van der Waals surface area contributed by atoms with E-state index in [0.717, 1.165) is 0 Å². The average Bonchev–Trinajstić information content (AvgIpc) is 3.03. The van der Waals surface area contributed by atoms with Crippen LogP contribution in [0.4, 0.5) is 0 Å². The maximum absolute atomic E-state index is 4.20. The molecule has 3 nitrogen and oxygen atoms in total. The number of benzene rings is 1. The van der Waals surface area contributed by atoms with Gasteiger partial charge in [-0.2, -0.15) is 0 Å². The molecule has 2 aromatic heterocycles. The molecule has 0 bridgehead atoms. The first-order valence-corrected chi connectivity index (χ1v) is 8.55. The van der Waals surface area contributed by atoms with Crippen molar-refractivity contribution in [2.45, 2.75) is 32.2 Å². The number of fused-ring (bicyclic) bond motifs is 1. The van der Waals surface area contributed by atoms with Crippen LogP contribution in [0.5, 0.6) is 0 Å². The number of aromatic amines is 1. The van der Waals surface area contributed by atoms with E-state index in [-0.39, 0.29) is 0 Å². The fourth-order valence-electron chi connectivity index (χ4n) is 3.86. The Kier molecular flexibility index (Phi) is 3.88. The second-order valence-electron chi connectivity index (χ2n) is 6.52. The van der Waals surface area contributed by atoms with Crippen molar-refractivity contribution in [3.05, 3.63) is 65.6 Å². The molecule has 1 fully saturated rings. The summed E-state index contributed by atoms with van der Waals surface area (Å²) < 4.78 is 0. The normalized spacial score (nSPS) is 17.4. The molecule has 0 aliphatic carbocycles. The summed E-state index contributed by atoms with van der Waals surface area (Å²) in [6, 6.07) is 11.2. The van der Waals surface area contributed by atoms with Gasteiger partial charge in [-0.3, -0.25) is 9.88 Å². The number of nitrogens with one attached hydrogen (secondary N) is 1. The van der Waals surface area contributed by atoms with E-state index in [1.54, 1.807) is 0 Å². The SMILES string of the molecule is Cc1cccc2c(C(c3ccncc3)N3CCCCC3)c[nH]c12. The van der Waals surface area contributed by atoms with E-state index in [9.17, 15) is 0 Å². The zero-order valence-electron chi connectivity index (χ0n) is 13.6. The Balaban J connectivity index is 1.85. The maximum Gasteiger partial charge on any atom is 0.0624 e. The van der Waals surface area contributed by atoms with Gasteiger partial charge in [0.25, 0.3) is 0 Å². The van der Waals surface area contributed by atoms with Crippen LogP contribution in [-0.4, -0.2) is 28.0 Å². The summed E-state index contributed by atoms with van der Waals surface area (Å²) in [5, 5.41) is 1.34. The number of pyridine rings is 1. The number of nitrogens with zero attached hydrogens (tertiary/aromatic N) is 2. The molecule has 1 atom stereocenters. The summed E-state index contributed by atoms with van der Waals surface area (Å²) in [6.45, 7) is 4.52. The van der Waals surface area contributed by atoms with Gasteiger partial charge in [0.2, 0.25) is 0 Å². The smallest absolute Gasteiger partial charge is 0.0624 e. The zero-order valence-corrected chi connectivity index (χ0v) is 13.6. The summed E-state index contributed by atoms with van der Waals surface area (Å²) in [5.41, 5.74) is 5.29. The third kappa shape index (κ3) is 2.66. The van der Waals surface area contributed by atoms with Gasteiger partial charge in [-0.1, -0.05) is 24.6 Å². The van der Waals surface area contributed by atoms with Gasteiger partial charge in [-0.05, 0) is 61.7 Å². The molecule has 1 aliphatic heterocycles. The monoisotopic (exact) mass is 305 g/mol. The number of aryl methyl sites for hydroxylation is 1. The number of hydrogen-bond acceptors (Lipinski definition) is 2. The van der Waals surface area contributed by atoms with E-state index < -0.39 is 0 Å². The Labute approximate surface area is 137 Å². The van der Waals surface area contributed by atoms with Crippen LogP contribution < -0.4 is 0 Å². The van der Waals surface area contributed by atoms with Crippen molar-refractivity contribution in [2.75, 3.05) is 13.1 Å². The number of piperidine rings is 1. The van der Waals surface area contributed by atoms with Crippen LogP contribution in [0.1, 0.15) is 42.0 Å². The summed E-state index contributed by atoms with van der Waals surface area (Å²) in [4.78, 5) is 10.3. The first-order valence-electron chi connectivity index (χ1n) is 8.55. The summed E-state index contributed by atoms with van der Waals surface area (Å²) in [5.74, 6) is 0. The first-order chi connectivity index (χ1) is 11.3. The molecule has 0 saturated carbocycles. The fourth-order valence-corrected chi connectivity index (χ4v) is 3.86. The molecule has 1 saturated heterocycles.